The molecule has 0 aliphatic heterocycles. The molecule has 1 N–H and O–H groups in total. The molecule has 2 aromatic carbocycles. The number of nitrogens with one attached hydrogen (secondary N) is 1. The maximum Gasteiger partial charge on any atom is 0.194 e. The highest BCUT2D eigenvalue weighted by Gasteiger charge is 2.21. The zero-order valence-corrected chi connectivity index (χ0v) is 11.9. The van der Waals surface area contributed by atoms with Crippen LogP contribution in [0, 0.1) is 23.3 Å². The van der Waals surface area contributed by atoms with Crippen molar-refractivity contribution in [3.63, 3.8) is 0 Å². The summed E-state index contributed by atoms with van der Waals surface area (Å²) in [6.45, 7) is 0. The lowest BCUT2D eigenvalue weighted by atomic mass is 9.98. The van der Waals surface area contributed by atoms with Gasteiger partial charge in [0.15, 0.2) is 17.5 Å². The molecule has 0 radical (unpaired) electrons. The standard InChI is InChI=1S/C14H10BrF4N/c1-20-14(7-2-4-9(15)11(17)6-7)8-3-5-10(16)13(19)12(8)18/h2-6,14,20H,1H3. The highest BCUT2D eigenvalue weighted by Crippen LogP contribution is 2.28. The fraction of sp³-hybridized carbons (Fsp3) is 0.143. The Bertz CT molecular complexity index is 645. The molecule has 6 heteroatoms. The molecular weight excluding hydrogens is 338 g/mol. The molecule has 0 heterocycles. The van der Waals surface area contributed by atoms with E-state index in [1.165, 1.54) is 19.2 Å². The molecule has 0 aliphatic rings. The predicted molar refractivity (Wildman–Crippen MR) is 71.3 cm³/mol. The van der Waals surface area contributed by atoms with Crippen molar-refractivity contribution in [2.24, 2.45) is 0 Å². The second kappa shape index (κ2) is 5.93. The lowest BCUT2D eigenvalue weighted by molar-refractivity contribution is 0.435. The number of rotatable bonds is 3. The minimum absolute atomic E-state index is 0.0897. The molecule has 0 aromatic heterocycles. The minimum Gasteiger partial charge on any atom is -0.309 e. The van der Waals surface area contributed by atoms with Crippen LogP contribution in [0.25, 0.3) is 0 Å². The third-order valence-electron chi connectivity index (χ3n) is 2.94. The van der Waals surface area contributed by atoms with Gasteiger partial charge in [-0.15, -0.1) is 0 Å². The van der Waals surface area contributed by atoms with Crippen molar-refractivity contribution in [3.8, 4) is 0 Å². The Balaban J connectivity index is 2.52. The molecule has 106 valence electrons. The first-order chi connectivity index (χ1) is 9.45. The van der Waals surface area contributed by atoms with Gasteiger partial charge in [-0.2, -0.15) is 0 Å². The molecular formula is C14H10BrF4N. The Labute approximate surface area is 121 Å². The first-order valence-corrected chi connectivity index (χ1v) is 6.50. The van der Waals surface area contributed by atoms with Crippen molar-refractivity contribution >= 4 is 15.9 Å². The Morgan fingerprint density at radius 3 is 2.25 bits per heavy atom. The van der Waals surface area contributed by atoms with Crippen LogP contribution in [0.5, 0.6) is 0 Å². The van der Waals surface area contributed by atoms with Gasteiger partial charge in [-0.05, 0) is 46.7 Å². The van der Waals surface area contributed by atoms with Gasteiger partial charge in [0.1, 0.15) is 5.82 Å². The Morgan fingerprint density at radius 2 is 1.65 bits per heavy atom. The topological polar surface area (TPSA) is 12.0 Å². The SMILES string of the molecule is CNC(c1ccc(Br)c(F)c1)c1ccc(F)c(F)c1F. The van der Waals surface area contributed by atoms with E-state index in [1.54, 1.807) is 6.07 Å². The van der Waals surface area contributed by atoms with Crippen LogP contribution < -0.4 is 5.32 Å². The summed E-state index contributed by atoms with van der Waals surface area (Å²) in [6.07, 6.45) is 0. The average molecular weight is 348 g/mol. The first-order valence-electron chi connectivity index (χ1n) is 5.71. The number of halogens is 5. The molecule has 0 bridgehead atoms. The van der Waals surface area contributed by atoms with Crippen molar-refractivity contribution in [1.82, 2.24) is 5.32 Å². The number of benzene rings is 2. The van der Waals surface area contributed by atoms with E-state index in [1.807, 2.05) is 0 Å². The molecule has 1 nitrogen and oxygen atoms in total. The van der Waals surface area contributed by atoms with E-state index < -0.39 is 29.3 Å². The lowest BCUT2D eigenvalue weighted by Crippen LogP contribution is -2.20. The van der Waals surface area contributed by atoms with Gasteiger partial charge in [0.05, 0.1) is 10.5 Å². The summed E-state index contributed by atoms with van der Waals surface area (Å²) in [5, 5.41) is 2.76. The van der Waals surface area contributed by atoms with E-state index in [9.17, 15) is 17.6 Å². The molecule has 2 aromatic rings. The average Bonchev–Trinajstić information content (AvgIpc) is 2.43. The van der Waals surface area contributed by atoms with Crippen LogP contribution in [-0.2, 0) is 0 Å². The summed E-state index contributed by atoms with van der Waals surface area (Å²) < 4.78 is 53.8. The minimum atomic E-state index is -1.54. The van der Waals surface area contributed by atoms with Gasteiger partial charge in [0, 0.05) is 5.56 Å². The van der Waals surface area contributed by atoms with Crippen LogP contribution in [0.2, 0.25) is 0 Å². The molecule has 1 unspecified atom stereocenters. The summed E-state index contributed by atoms with van der Waals surface area (Å²) in [6, 6.07) is 5.42. The van der Waals surface area contributed by atoms with Gasteiger partial charge < -0.3 is 5.32 Å². The third kappa shape index (κ3) is 2.71. The monoisotopic (exact) mass is 347 g/mol. The summed E-state index contributed by atoms with van der Waals surface area (Å²) in [5.74, 6) is -4.61. The van der Waals surface area contributed by atoms with E-state index >= 15 is 0 Å². The number of hydrogen-bond acceptors (Lipinski definition) is 1. The Hall–Kier alpha value is -1.40. The van der Waals surface area contributed by atoms with Gasteiger partial charge in [-0.1, -0.05) is 12.1 Å². The van der Waals surface area contributed by atoms with Gasteiger partial charge in [-0.3, -0.25) is 0 Å². The molecule has 0 saturated heterocycles. The van der Waals surface area contributed by atoms with Crippen molar-refractivity contribution in [2.75, 3.05) is 7.05 Å². The predicted octanol–water partition coefficient (Wildman–Crippen LogP) is 4.31. The second-order valence-corrected chi connectivity index (χ2v) is 5.01. The molecule has 0 spiro atoms. The quantitative estimate of drug-likeness (QED) is 0.644. The van der Waals surface area contributed by atoms with Crippen LogP contribution in [0.3, 0.4) is 0 Å². The normalized spacial score (nSPS) is 12.5. The first kappa shape index (κ1) is 15.0. The van der Waals surface area contributed by atoms with Crippen molar-refractivity contribution in [3.05, 3.63) is 69.2 Å². The van der Waals surface area contributed by atoms with E-state index in [2.05, 4.69) is 21.2 Å². The van der Waals surface area contributed by atoms with Crippen molar-refractivity contribution in [1.29, 1.82) is 0 Å². The van der Waals surface area contributed by atoms with Crippen molar-refractivity contribution in [2.45, 2.75) is 6.04 Å². The highest BCUT2D eigenvalue weighted by molar-refractivity contribution is 9.10. The molecule has 20 heavy (non-hydrogen) atoms. The van der Waals surface area contributed by atoms with E-state index in [0.29, 0.717) is 5.56 Å². The van der Waals surface area contributed by atoms with Crippen LogP contribution >= 0.6 is 15.9 Å². The van der Waals surface area contributed by atoms with E-state index in [0.717, 1.165) is 12.1 Å². The lowest BCUT2D eigenvalue weighted by Gasteiger charge is -2.18. The molecule has 0 saturated carbocycles. The van der Waals surface area contributed by atoms with Crippen molar-refractivity contribution < 1.29 is 17.6 Å². The van der Waals surface area contributed by atoms with Crippen LogP contribution in [0.1, 0.15) is 17.2 Å². The fourth-order valence-corrected chi connectivity index (χ4v) is 2.20. The van der Waals surface area contributed by atoms with Gasteiger partial charge >= 0.3 is 0 Å². The van der Waals surface area contributed by atoms with Crippen LogP contribution in [0.4, 0.5) is 17.6 Å². The molecule has 2 rings (SSSR count). The van der Waals surface area contributed by atoms with Gasteiger partial charge in [-0.25, -0.2) is 17.6 Å². The molecule has 0 amide bonds. The Kier molecular flexibility index (Phi) is 4.45. The highest BCUT2D eigenvalue weighted by atomic mass is 79.9. The Morgan fingerprint density at radius 1 is 0.950 bits per heavy atom. The summed E-state index contributed by atoms with van der Waals surface area (Å²) in [7, 11) is 1.52. The van der Waals surface area contributed by atoms with Gasteiger partial charge in [0.25, 0.3) is 0 Å². The van der Waals surface area contributed by atoms with E-state index in [4.69, 9.17) is 0 Å². The third-order valence-corrected chi connectivity index (χ3v) is 3.58. The maximum atomic E-state index is 13.8. The zero-order chi connectivity index (χ0) is 14.9. The summed E-state index contributed by atoms with van der Waals surface area (Å²) >= 11 is 3.01. The number of hydrogen-bond donors (Lipinski definition) is 1. The molecule has 0 fully saturated rings. The maximum absolute atomic E-state index is 13.8. The largest absolute Gasteiger partial charge is 0.309 e. The zero-order valence-electron chi connectivity index (χ0n) is 10.4. The fourth-order valence-electron chi connectivity index (χ4n) is 1.96. The summed E-state index contributed by atoms with van der Waals surface area (Å²) in [5.41, 5.74) is 0.311. The molecule has 1 atom stereocenters. The van der Waals surface area contributed by atoms with Gasteiger partial charge in [0.2, 0.25) is 0 Å². The molecule has 0 aliphatic carbocycles. The second-order valence-electron chi connectivity index (χ2n) is 4.16. The van der Waals surface area contributed by atoms with E-state index in [-0.39, 0.29) is 10.0 Å². The smallest absolute Gasteiger partial charge is 0.194 e. The summed E-state index contributed by atoms with van der Waals surface area (Å²) in [4.78, 5) is 0. The van der Waals surface area contributed by atoms with Crippen LogP contribution in [-0.4, -0.2) is 7.05 Å². The van der Waals surface area contributed by atoms with Crippen LogP contribution in [0.15, 0.2) is 34.8 Å².